The molecular weight excluding hydrogens is 453 g/mol. The number of allylic oxidation sites excluding steroid dienone is 1. The zero-order chi connectivity index (χ0) is 24.2. The fraction of sp³-hybridized carbons (Fsp3) is 0.154. The summed E-state index contributed by atoms with van der Waals surface area (Å²) in [5.74, 6) is 0.353. The number of amides is 1. The van der Waals surface area contributed by atoms with Gasteiger partial charge in [0.1, 0.15) is 17.3 Å². The van der Waals surface area contributed by atoms with Crippen molar-refractivity contribution in [1.82, 2.24) is 5.32 Å². The summed E-state index contributed by atoms with van der Waals surface area (Å²) in [6, 6.07) is 20.1. The highest BCUT2D eigenvalue weighted by Crippen LogP contribution is 2.36. The van der Waals surface area contributed by atoms with E-state index in [1.54, 1.807) is 37.4 Å². The lowest BCUT2D eigenvalue weighted by molar-refractivity contribution is -0.113. The zero-order valence-corrected chi connectivity index (χ0v) is 19.8. The number of benzene rings is 3. The maximum Gasteiger partial charge on any atom is 0.255 e. The highest BCUT2D eigenvalue weighted by atomic mass is 32.1. The molecule has 0 aliphatic carbocycles. The van der Waals surface area contributed by atoms with Crippen molar-refractivity contribution in [2.45, 2.75) is 13.0 Å². The van der Waals surface area contributed by atoms with Crippen LogP contribution in [0.3, 0.4) is 0 Å². The molecule has 8 heteroatoms. The molecular formula is C26H24FN3O3S. The largest absolute Gasteiger partial charge is 0.497 e. The number of rotatable bonds is 6. The van der Waals surface area contributed by atoms with Crippen molar-refractivity contribution in [3.05, 3.63) is 95.4 Å². The number of para-hydroxylation sites is 1. The van der Waals surface area contributed by atoms with E-state index in [0.29, 0.717) is 39.1 Å². The molecule has 3 aromatic rings. The lowest BCUT2D eigenvalue weighted by Gasteiger charge is -2.38. The van der Waals surface area contributed by atoms with Crippen LogP contribution in [0.5, 0.6) is 11.5 Å². The predicted molar refractivity (Wildman–Crippen MR) is 135 cm³/mol. The minimum atomic E-state index is -0.579. The highest BCUT2D eigenvalue weighted by molar-refractivity contribution is 7.80. The van der Waals surface area contributed by atoms with Crippen LogP contribution in [-0.4, -0.2) is 25.2 Å². The molecule has 6 nitrogen and oxygen atoms in total. The smallest absolute Gasteiger partial charge is 0.255 e. The van der Waals surface area contributed by atoms with Gasteiger partial charge in [-0.3, -0.25) is 9.69 Å². The second-order valence-electron chi connectivity index (χ2n) is 7.62. The van der Waals surface area contributed by atoms with Gasteiger partial charge in [0.2, 0.25) is 0 Å². The Balaban J connectivity index is 1.81. The Morgan fingerprint density at radius 2 is 1.74 bits per heavy atom. The van der Waals surface area contributed by atoms with E-state index in [-0.39, 0.29) is 11.7 Å². The number of halogens is 1. The molecule has 34 heavy (non-hydrogen) atoms. The van der Waals surface area contributed by atoms with Crippen molar-refractivity contribution in [3.63, 3.8) is 0 Å². The first-order valence-electron chi connectivity index (χ1n) is 10.6. The molecule has 0 radical (unpaired) electrons. The Morgan fingerprint density at radius 3 is 2.38 bits per heavy atom. The number of nitrogens with zero attached hydrogens (tertiary/aromatic N) is 1. The van der Waals surface area contributed by atoms with Crippen LogP contribution in [0.2, 0.25) is 0 Å². The van der Waals surface area contributed by atoms with Crippen LogP contribution in [0.1, 0.15) is 18.5 Å². The first-order chi connectivity index (χ1) is 16.4. The third-order valence-corrected chi connectivity index (χ3v) is 5.90. The van der Waals surface area contributed by atoms with Crippen molar-refractivity contribution in [3.8, 4) is 11.5 Å². The average molecular weight is 478 g/mol. The molecule has 0 bridgehead atoms. The molecule has 1 unspecified atom stereocenters. The molecule has 0 fully saturated rings. The Morgan fingerprint density at radius 1 is 1.03 bits per heavy atom. The Bertz CT molecular complexity index is 1250. The lowest BCUT2D eigenvalue weighted by Crippen LogP contribution is -2.48. The molecule has 4 rings (SSSR count). The second-order valence-corrected chi connectivity index (χ2v) is 8.01. The summed E-state index contributed by atoms with van der Waals surface area (Å²) in [6.45, 7) is 1.84. The molecule has 1 aliphatic heterocycles. The zero-order valence-electron chi connectivity index (χ0n) is 19.0. The molecule has 0 saturated carbocycles. The maximum atomic E-state index is 13.7. The van der Waals surface area contributed by atoms with Crippen molar-refractivity contribution in [2.75, 3.05) is 24.4 Å². The number of thiocarbonyl (C=S) groups is 1. The molecule has 174 valence electrons. The number of methoxy groups -OCH3 is 2. The SMILES string of the molecule is COc1ccc(OC)c(NC(=O)C2=C(C)N(c3ccccc3)C(=S)NC2c2ccc(F)cc2)c1. The van der Waals surface area contributed by atoms with E-state index in [9.17, 15) is 9.18 Å². The molecule has 0 spiro atoms. The van der Waals surface area contributed by atoms with Gasteiger partial charge in [0.05, 0.1) is 31.5 Å². The Labute approximate surface area is 203 Å². The van der Waals surface area contributed by atoms with Gasteiger partial charge in [-0.2, -0.15) is 0 Å². The topological polar surface area (TPSA) is 62.8 Å². The van der Waals surface area contributed by atoms with Crippen LogP contribution in [0.25, 0.3) is 0 Å². The van der Waals surface area contributed by atoms with Gasteiger partial charge in [-0.25, -0.2) is 4.39 Å². The Kier molecular flexibility index (Phi) is 6.79. The van der Waals surface area contributed by atoms with Crippen LogP contribution in [0.15, 0.2) is 84.1 Å². The first-order valence-corrected chi connectivity index (χ1v) is 11.0. The number of carbonyl (C=O) groups is 1. The van der Waals surface area contributed by atoms with Crippen molar-refractivity contribution in [1.29, 1.82) is 0 Å². The number of anilines is 2. The van der Waals surface area contributed by atoms with Crippen molar-refractivity contribution in [2.24, 2.45) is 0 Å². The van der Waals surface area contributed by atoms with Gasteiger partial charge in [0.15, 0.2) is 5.11 Å². The molecule has 0 aromatic heterocycles. The van der Waals surface area contributed by atoms with E-state index in [0.717, 1.165) is 5.69 Å². The van der Waals surface area contributed by atoms with Gasteiger partial charge in [0.25, 0.3) is 5.91 Å². The van der Waals surface area contributed by atoms with E-state index in [1.807, 2.05) is 42.2 Å². The minimum Gasteiger partial charge on any atom is -0.497 e. The van der Waals surface area contributed by atoms with Gasteiger partial charge in [-0.15, -0.1) is 0 Å². The maximum absolute atomic E-state index is 13.7. The summed E-state index contributed by atoms with van der Waals surface area (Å²) < 4.78 is 24.3. The van der Waals surface area contributed by atoms with E-state index in [1.165, 1.54) is 19.2 Å². The van der Waals surface area contributed by atoms with Crippen LogP contribution in [-0.2, 0) is 4.79 Å². The molecule has 1 atom stereocenters. The molecule has 1 heterocycles. The van der Waals surface area contributed by atoms with Crippen LogP contribution < -0.4 is 25.0 Å². The van der Waals surface area contributed by atoms with Gasteiger partial charge < -0.3 is 20.1 Å². The summed E-state index contributed by atoms with van der Waals surface area (Å²) in [4.78, 5) is 15.5. The minimum absolute atomic E-state index is 0.352. The monoisotopic (exact) mass is 477 g/mol. The number of nitrogens with one attached hydrogen (secondary N) is 2. The normalized spacial score (nSPS) is 15.6. The first kappa shape index (κ1) is 23.3. The second kappa shape index (κ2) is 9.93. The van der Waals surface area contributed by atoms with Gasteiger partial charge in [-0.1, -0.05) is 30.3 Å². The summed E-state index contributed by atoms with van der Waals surface area (Å²) in [5, 5.41) is 6.65. The summed E-state index contributed by atoms with van der Waals surface area (Å²) in [7, 11) is 3.08. The quantitative estimate of drug-likeness (QED) is 0.477. The third-order valence-electron chi connectivity index (χ3n) is 5.60. The van der Waals surface area contributed by atoms with Gasteiger partial charge in [-0.05, 0) is 61.1 Å². The lowest BCUT2D eigenvalue weighted by atomic mass is 9.94. The summed E-state index contributed by atoms with van der Waals surface area (Å²) in [6.07, 6.45) is 0. The van der Waals surface area contributed by atoms with Gasteiger partial charge in [0, 0.05) is 17.5 Å². The number of hydrogen-bond acceptors (Lipinski definition) is 4. The standard InChI is InChI=1S/C26H24FN3O3S/c1-16-23(25(31)28-21-15-20(32-2)13-14-22(21)33-3)24(17-9-11-18(27)12-10-17)29-26(34)30(16)19-7-5-4-6-8-19/h4-15,24H,1-3H3,(H,28,31)(H,29,34). The Hall–Kier alpha value is -3.91. The fourth-order valence-electron chi connectivity index (χ4n) is 3.93. The van der Waals surface area contributed by atoms with Crippen LogP contribution in [0, 0.1) is 5.82 Å². The molecule has 2 N–H and O–H groups in total. The summed E-state index contributed by atoms with van der Waals surface area (Å²) in [5.41, 5.74) is 3.08. The summed E-state index contributed by atoms with van der Waals surface area (Å²) >= 11 is 5.67. The number of hydrogen-bond donors (Lipinski definition) is 2. The molecule has 3 aromatic carbocycles. The average Bonchev–Trinajstić information content (AvgIpc) is 2.84. The van der Waals surface area contributed by atoms with E-state index >= 15 is 0 Å². The van der Waals surface area contributed by atoms with E-state index < -0.39 is 6.04 Å². The van der Waals surface area contributed by atoms with E-state index in [4.69, 9.17) is 21.7 Å². The van der Waals surface area contributed by atoms with Crippen molar-refractivity contribution >= 4 is 34.6 Å². The number of carbonyl (C=O) groups excluding carboxylic acids is 1. The highest BCUT2D eigenvalue weighted by Gasteiger charge is 2.35. The molecule has 0 saturated heterocycles. The molecule has 1 amide bonds. The fourth-order valence-corrected chi connectivity index (χ4v) is 4.29. The van der Waals surface area contributed by atoms with Gasteiger partial charge >= 0.3 is 0 Å². The van der Waals surface area contributed by atoms with E-state index in [2.05, 4.69) is 10.6 Å². The van der Waals surface area contributed by atoms with Crippen molar-refractivity contribution < 1.29 is 18.7 Å². The molecule has 1 aliphatic rings. The van der Waals surface area contributed by atoms with Crippen LogP contribution in [0.4, 0.5) is 15.8 Å². The number of ether oxygens (including phenoxy) is 2. The third kappa shape index (κ3) is 4.58. The predicted octanol–water partition coefficient (Wildman–Crippen LogP) is 5.19. The van der Waals surface area contributed by atoms with Crippen LogP contribution >= 0.6 is 12.2 Å².